The van der Waals surface area contributed by atoms with E-state index in [1.54, 1.807) is 12.1 Å². The second-order valence-electron chi connectivity index (χ2n) is 4.49. The highest BCUT2D eigenvalue weighted by molar-refractivity contribution is 7.95. The van der Waals surface area contributed by atoms with Gasteiger partial charge in [-0.2, -0.15) is 5.10 Å². The van der Waals surface area contributed by atoms with E-state index in [2.05, 4.69) is 14.9 Å². The first-order valence-corrected chi connectivity index (χ1v) is 10.2. The molecule has 0 spiro atoms. The average molecular weight is 393 g/mol. The van der Waals surface area contributed by atoms with Crippen molar-refractivity contribution in [1.82, 2.24) is 10.2 Å². The third-order valence-corrected chi connectivity index (χ3v) is 7.06. The summed E-state index contributed by atoms with van der Waals surface area (Å²) in [6, 6.07) is 5.82. The largest absolute Gasteiger partial charge is 0.277 e. The molecule has 23 heavy (non-hydrogen) atoms. The molecule has 0 aliphatic heterocycles. The topological polar surface area (TPSA) is 135 Å². The number of anilines is 1. The van der Waals surface area contributed by atoms with Crippen molar-refractivity contribution in [3.8, 4) is 0 Å². The molecule has 0 aliphatic carbocycles. The van der Waals surface area contributed by atoms with Crippen LogP contribution in [0.5, 0.6) is 0 Å². The molecule has 0 unspecified atom stereocenters. The number of H-pyrrole nitrogens is 1. The molecule has 0 saturated heterocycles. The Morgan fingerprint density at radius 3 is 2.65 bits per heavy atom. The highest BCUT2D eigenvalue weighted by atomic mass is 35.5. The summed E-state index contributed by atoms with van der Waals surface area (Å²) >= 11 is 6.66. The smallest absolute Gasteiger partial charge is 0.271 e. The number of para-hydroxylation sites is 1. The molecule has 0 saturated carbocycles. The van der Waals surface area contributed by atoms with E-state index in [1.165, 1.54) is 6.07 Å². The first kappa shape index (κ1) is 16.2. The van der Waals surface area contributed by atoms with Crippen LogP contribution in [0.1, 0.15) is 0 Å². The minimum absolute atomic E-state index is 0.180. The number of rotatable bonds is 4. The Balaban J connectivity index is 2.02. The Bertz CT molecular complexity index is 1100. The van der Waals surface area contributed by atoms with Gasteiger partial charge < -0.3 is 0 Å². The molecule has 1 aromatic carbocycles. The van der Waals surface area contributed by atoms with Gasteiger partial charge in [-0.05, 0) is 18.2 Å². The van der Waals surface area contributed by atoms with Crippen LogP contribution in [-0.2, 0) is 20.0 Å². The number of primary sulfonamides is 1. The van der Waals surface area contributed by atoms with Crippen LogP contribution in [0.4, 0.5) is 5.69 Å². The number of aromatic nitrogens is 2. The van der Waals surface area contributed by atoms with E-state index in [0.717, 1.165) is 22.8 Å². The SMILES string of the molecule is NS(=O)(=O)c1csc(S(=O)(=O)Nc2cccc3c(Cl)[nH]nc23)c1. The van der Waals surface area contributed by atoms with E-state index >= 15 is 0 Å². The Kier molecular flexibility index (Phi) is 3.84. The van der Waals surface area contributed by atoms with Gasteiger partial charge in [-0.3, -0.25) is 9.82 Å². The minimum Gasteiger partial charge on any atom is -0.277 e. The molecule has 0 atom stereocenters. The number of nitrogens with one attached hydrogen (secondary N) is 2. The van der Waals surface area contributed by atoms with E-state index in [9.17, 15) is 16.8 Å². The van der Waals surface area contributed by atoms with Gasteiger partial charge in [0.15, 0.2) is 0 Å². The standard InChI is InChI=1S/C11H9ClN4O4S3/c12-11-7-2-1-3-8(10(7)14-15-11)16-23(19,20)9-4-6(5-21-9)22(13,17)18/h1-5,16H,(H,14,15)(H2,13,17,18). The first-order chi connectivity index (χ1) is 10.7. The van der Waals surface area contributed by atoms with Crippen molar-refractivity contribution < 1.29 is 16.8 Å². The second kappa shape index (κ2) is 5.46. The summed E-state index contributed by atoms with van der Waals surface area (Å²) in [6.07, 6.45) is 0. The highest BCUT2D eigenvalue weighted by Gasteiger charge is 2.22. The first-order valence-electron chi connectivity index (χ1n) is 5.95. The molecular formula is C11H9ClN4O4S3. The normalized spacial score (nSPS) is 12.6. The van der Waals surface area contributed by atoms with Crippen LogP contribution in [0.2, 0.25) is 5.15 Å². The van der Waals surface area contributed by atoms with Crippen LogP contribution < -0.4 is 9.86 Å². The van der Waals surface area contributed by atoms with Crippen molar-refractivity contribution >= 4 is 59.6 Å². The Morgan fingerprint density at radius 2 is 2.00 bits per heavy atom. The lowest BCUT2D eigenvalue weighted by molar-refractivity contribution is 0.598. The van der Waals surface area contributed by atoms with E-state index in [-0.39, 0.29) is 19.9 Å². The minimum atomic E-state index is -3.98. The number of hydrogen-bond donors (Lipinski definition) is 3. The van der Waals surface area contributed by atoms with Crippen molar-refractivity contribution in [3.63, 3.8) is 0 Å². The maximum Gasteiger partial charge on any atom is 0.271 e. The zero-order valence-corrected chi connectivity index (χ0v) is 14.4. The monoisotopic (exact) mass is 392 g/mol. The second-order valence-corrected chi connectivity index (χ2v) is 9.25. The van der Waals surface area contributed by atoms with Crippen molar-refractivity contribution in [3.05, 3.63) is 34.8 Å². The molecule has 0 fully saturated rings. The number of sulfonamides is 2. The Labute approximate surface area is 140 Å². The van der Waals surface area contributed by atoms with Crippen molar-refractivity contribution in [1.29, 1.82) is 0 Å². The molecule has 4 N–H and O–H groups in total. The van der Waals surface area contributed by atoms with Crippen LogP contribution in [0.15, 0.2) is 38.8 Å². The van der Waals surface area contributed by atoms with Gasteiger partial charge in [-0.25, -0.2) is 22.0 Å². The lowest BCUT2D eigenvalue weighted by Gasteiger charge is -2.06. The van der Waals surface area contributed by atoms with Crippen LogP contribution in [0, 0.1) is 0 Å². The molecule has 0 bridgehead atoms. The Morgan fingerprint density at radius 1 is 1.26 bits per heavy atom. The fourth-order valence-electron chi connectivity index (χ4n) is 1.87. The van der Waals surface area contributed by atoms with Gasteiger partial charge in [0.1, 0.15) is 14.9 Å². The predicted octanol–water partition coefficient (Wildman–Crippen LogP) is 1.73. The fraction of sp³-hybridized carbons (Fsp3) is 0. The van der Waals surface area contributed by atoms with Crippen LogP contribution in [0.3, 0.4) is 0 Å². The molecule has 2 heterocycles. The number of nitrogens with zero attached hydrogens (tertiary/aromatic N) is 1. The number of aromatic amines is 1. The van der Waals surface area contributed by atoms with Gasteiger partial charge >= 0.3 is 0 Å². The molecule has 122 valence electrons. The van der Waals surface area contributed by atoms with Gasteiger partial charge in [-0.1, -0.05) is 17.7 Å². The maximum absolute atomic E-state index is 12.4. The van der Waals surface area contributed by atoms with E-state index in [1.807, 2.05) is 0 Å². The number of nitrogens with two attached hydrogens (primary N) is 1. The van der Waals surface area contributed by atoms with Crippen molar-refractivity contribution in [2.24, 2.45) is 5.14 Å². The molecule has 3 rings (SSSR count). The van der Waals surface area contributed by atoms with Crippen molar-refractivity contribution in [2.45, 2.75) is 9.10 Å². The molecule has 0 radical (unpaired) electrons. The number of benzene rings is 1. The summed E-state index contributed by atoms with van der Waals surface area (Å²) in [7, 11) is -7.95. The number of fused-ring (bicyclic) bond motifs is 1. The number of hydrogen-bond acceptors (Lipinski definition) is 6. The third kappa shape index (κ3) is 3.05. The van der Waals surface area contributed by atoms with Crippen LogP contribution >= 0.6 is 22.9 Å². The maximum atomic E-state index is 12.4. The van der Waals surface area contributed by atoms with Gasteiger partial charge in [0.25, 0.3) is 10.0 Å². The van der Waals surface area contributed by atoms with Gasteiger partial charge in [0.05, 0.1) is 10.6 Å². The zero-order chi connectivity index (χ0) is 16.8. The van der Waals surface area contributed by atoms with Crippen LogP contribution in [-0.4, -0.2) is 27.0 Å². The molecule has 0 aliphatic rings. The lowest BCUT2D eigenvalue weighted by atomic mass is 10.2. The molecule has 2 aromatic heterocycles. The fourth-order valence-corrected chi connectivity index (χ4v) is 5.29. The lowest BCUT2D eigenvalue weighted by Crippen LogP contribution is -2.13. The summed E-state index contributed by atoms with van der Waals surface area (Å²) in [5.74, 6) is 0. The van der Waals surface area contributed by atoms with Gasteiger partial charge in [0.2, 0.25) is 10.0 Å². The summed E-state index contributed by atoms with van der Waals surface area (Å²) < 4.78 is 49.5. The molecule has 0 amide bonds. The molecule has 12 heteroatoms. The summed E-state index contributed by atoms with van der Waals surface area (Å²) in [6.45, 7) is 0. The third-order valence-electron chi connectivity index (χ3n) is 2.93. The number of thiophene rings is 1. The highest BCUT2D eigenvalue weighted by Crippen LogP contribution is 2.30. The predicted molar refractivity (Wildman–Crippen MR) is 87.6 cm³/mol. The van der Waals surface area contributed by atoms with E-state index in [4.69, 9.17) is 16.7 Å². The summed E-state index contributed by atoms with van der Waals surface area (Å²) in [5.41, 5.74) is 0.570. The quantitative estimate of drug-likeness (QED) is 0.621. The van der Waals surface area contributed by atoms with E-state index in [0.29, 0.717) is 10.9 Å². The molecular weight excluding hydrogens is 384 g/mol. The summed E-state index contributed by atoms with van der Waals surface area (Å²) in [4.78, 5) is -0.260. The van der Waals surface area contributed by atoms with E-state index < -0.39 is 20.0 Å². The Hall–Kier alpha value is -1.66. The zero-order valence-electron chi connectivity index (χ0n) is 11.1. The van der Waals surface area contributed by atoms with Gasteiger partial charge in [-0.15, -0.1) is 11.3 Å². The number of halogens is 1. The van der Waals surface area contributed by atoms with Crippen molar-refractivity contribution in [2.75, 3.05) is 4.72 Å². The van der Waals surface area contributed by atoms with Crippen LogP contribution in [0.25, 0.3) is 10.9 Å². The molecule has 8 nitrogen and oxygen atoms in total. The average Bonchev–Trinajstić information content (AvgIpc) is 3.07. The molecule has 3 aromatic rings. The summed E-state index contributed by atoms with van der Waals surface area (Å²) in [5, 5.41) is 13.5. The van der Waals surface area contributed by atoms with Gasteiger partial charge in [0, 0.05) is 10.8 Å².